The van der Waals surface area contributed by atoms with Gasteiger partial charge in [-0.2, -0.15) is 0 Å². The van der Waals surface area contributed by atoms with Crippen LogP contribution in [0.4, 0.5) is 0 Å². The van der Waals surface area contributed by atoms with Crippen LogP contribution in [-0.2, 0) is 5.54 Å². The molecule has 0 spiro atoms. The molecule has 1 fully saturated rings. The predicted octanol–water partition coefficient (Wildman–Crippen LogP) is 4.89. The topological polar surface area (TPSA) is 64.9 Å². The van der Waals surface area contributed by atoms with Crippen molar-refractivity contribution in [1.29, 1.82) is 0 Å². The van der Waals surface area contributed by atoms with Crippen LogP contribution in [0.3, 0.4) is 0 Å². The van der Waals surface area contributed by atoms with Crippen molar-refractivity contribution in [2.75, 3.05) is 0 Å². The first kappa shape index (κ1) is 15.3. The van der Waals surface area contributed by atoms with E-state index in [0.29, 0.717) is 5.71 Å². The molecule has 4 nitrogen and oxygen atoms in total. The van der Waals surface area contributed by atoms with E-state index in [9.17, 15) is 0 Å². The summed E-state index contributed by atoms with van der Waals surface area (Å²) in [6.07, 6.45) is 6.65. The van der Waals surface area contributed by atoms with Gasteiger partial charge in [0.25, 0.3) is 0 Å². The highest BCUT2D eigenvalue weighted by molar-refractivity contribution is 5.99. The summed E-state index contributed by atoms with van der Waals surface area (Å²) in [5.74, 6) is 0.818. The van der Waals surface area contributed by atoms with Gasteiger partial charge < -0.3 is 10.2 Å². The SMILES string of the molecule is NC1(c2ccc(-c3oc4ncncc4c3-c3ccccc3)cc2)CCC1. The number of furan rings is 1. The van der Waals surface area contributed by atoms with E-state index in [4.69, 9.17) is 10.2 Å². The van der Waals surface area contributed by atoms with Crippen molar-refractivity contribution in [2.45, 2.75) is 24.8 Å². The van der Waals surface area contributed by atoms with Crippen molar-refractivity contribution >= 4 is 11.1 Å². The average Bonchev–Trinajstić information content (AvgIpc) is 3.06. The smallest absolute Gasteiger partial charge is 0.230 e. The second-order valence-electron chi connectivity index (χ2n) is 7.00. The molecule has 0 aliphatic heterocycles. The maximum Gasteiger partial charge on any atom is 0.230 e. The van der Waals surface area contributed by atoms with Gasteiger partial charge in [0.1, 0.15) is 12.1 Å². The molecule has 1 aliphatic carbocycles. The number of nitrogens with zero attached hydrogens (tertiary/aromatic N) is 2. The molecule has 1 aliphatic rings. The zero-order valence-corrected chi connectivity index (χ0v) is 14.4. The Kier molecular flexibility index (Phi) is 3.40. The number of rotatable bonds is 3. The van der Waals surface area contributed by atoms with Gasteiger partial charge in [0.05, 0.1) is 5.39 Å². The van der Waals surface area contributed by atoms with Crippen LogP contribution in [0.5, 0.6) is 0 Å². The Morgan fingerprint density at radius 2 is 1.69 bits per heavy atom. The predicted molar refractivity (Wildman–Crippen MR) is 102 cm³/mol. The monoisotopic (exact) mass is 341 g/mol. The minimum absolute atomic E-state index is 0.153. The van der Waals surface area contributed by atoms with Crippen molar-refractivity contribution in [3.8, 4) is 22.5 Å². The highest BCUT2D eigenvalue weighted by Crippen LogP contribution is 2.42. The molecular formula is C22H19N3O. The standard InChI is InChI=1S/C22H19N3O/c23-22(11-4-12-22)17-9-7-16(8-10-17)20-19(15-5-2-1-3-6-15)18-13-24-14-25-21(18)26-20/h1-3,5-10,13-14H,4,11-12,23H2. The Labute approximate surface area is 151 Å². The molecule has 128 valence electrons. The van der Waals surface area contributed by atoms with Gasteiger partial charge in [0, 0.05) is 22.9 Å². The molecule has 0 bridgehead atoms. The van der Waals surface area contributed by atoms with Crippen LogP contribution in [-0.4, -0.2) is 9.97 Å². The summed E-state index contributed by atoms with van der Waals surface area (Å²) in [5, 5.41) is 0.923. The van der Waals surface area contributed by atoms with Gasteiger partial charge in [-0.05, 0) is 30.4 Å². The summed E-state index contributed by atoms with van der Waals surface area (Å²) in [7, 11) is 0. The first-order valence-electron chi connectivity index (χ1n) is 8.92. The van der Waals surface area contributed by atoms with E-state index in [0.717, 1.165) is 40.7 Å². The first-order chi connectivity index (χ1) is 12.7. The Balaban J connectivity index is 1.67. The van der Waals surface area contributed by atoms with Crippen LogP contribution >= 0.6 is 0 Å². The first-order valence-corrected chi connectivity index (χ1v) is 8.92. The molecule has 0 saturated heterocycles. The van der Waals surface area contributed by atoms with Crippen LogP contribution in [0.15, 0.2) is 71.5 Å². The van der Waals surface area contributed by atoms with Crippen molar-refractivity contribution in [2.24, 2.45) is 5.73 Å². The summed E-state index contributed by atoms with van der Waals surface area (Å²) in [6.45, 7) is 0. The molecule has 0 atom stereocenters. The summed E-state index contributed by atoms with van der Waals surface area (Å²) >= 11 is 0. The normalized spacial score (nSPS) is 15.7. The third-order valence-electron chi connectivity index (χ3n) is 5.40. The number of fused-ring (bicyclic) bond motifs is 1. The van der Waals surface area contributed by atoms with Gasteiger partial charge in [-0.15, -0.1) is 0 Å². The van der Waals surface area contributed by atoms with E-state index >= 15 is 0 Å². The van der Waals surface area contributed by atoms with Gasteiger partial charge in [-0.1, -0.05) is 54.6 Å². The maximum atomic E-state index is 6.45. The van der Waals surface area contributed by atoms with E-state index in [1.54, 1.807) is 0 Å². The molecule has 2 N–H and O–H groups in total. The van der Waals surface area contributed by atoms with Crippen molar-refractivity contribution in [3.05, 3.63) is 72.7 Å². The summed E-state index contributed by atoms with van der Waals surface area (Å²) in [5.41, 5.74) is 11.2. The lowest BCUT2D eigenvalue weighted by molar-refractivity contribution is 0.253. The van der Waals surface area contributed by atoms with E-state index in [1.165, 1.54) is 18.3 Å². The molecule has 4 aromatic rings. The van der Waals surface area contributed by atoms with Crippen molar-refractivity contribution in [1.82, 2.24) is 9.97 Å². The molecule has 2 heterocycles. The van der Waals surface area contributed by atoms with E-state index < -0.39 is 0 Å². The molecule has 0 unspecified atom stereocenters. The molecule has 5 rings (SSSR count). The highest BCUT2D eigenvalue weighted by atomic mass is 16.3. The third kappa shape index (κ3) is 2.34. The number of benzene rings is 2. The van der Waals surface area contributed by atoms with Crippen LogP contribution in [0.1, 0.15) is 24.8 Å². The molecule has 26 heavy (non-hydrogen) atoms. The fraction of sp³-hybridized carbons (Fsp3) is 0.182. The highest BCUT2D eigenvalue weighted by Gasteiger charge is 2.34. The molecular weight excluding hydrogens is 322 g/mol. The number of nitrogens with two attached hydrogens (primary N) is 1. The van der Waals surface area contributed by atoms with Gasteiger partial charge >= 0.3 is 0 Å². The van der Waals surface area contributed by atoms with Crippen molar-refractivity contribution in [3.63, 3.8) is 0 Å². The van der Waals surface area contributed by atoms with Crippen LogP contribution in [0.25, 0.3) is 33.6 Å². The van der Waals surface area contributed by atoms with E-state index in [2.05, 4.69) is 46.4 Å². The second-order valence-corrected chi connectivity index (χ2v) is 7.00. The van der Waals surface area contributed by atoms with Gasteiger partial charge in [-0.3, -0.25) is 0 Å². The lowest BCUT2D eigenvalue weighted by atomic mass is 9.72. The number of hydrogen-bond donors (Lipinski definition) is 1. The van der Waals surface area contributed by atoms with Gasteiger partial charge in [0.15, 0.2) is 0 Å². The van der Waals surface area contributed by atoms with Crippen molar-refractivity contribution < 1.29 is 4.42 Å². The summed E-state index contributed by atoms with van der Waals surface area (Å²) in [6, 6.07) is 18.7. The Bertz CT molecular complexity index is 1060. The quantitative estimate of drug-likeness (QED) is 0.576. The van der Waals surface area contributed by atoms with Crippen LogP contribution in [0, 0.1) is 0 Å². The Morgan fingerprint density at radius 1 is 0.923 bits per heavy atom. The fourth-order valence-electron chi connectivity index (χ4n) is 3.74. The molecule has 4 heteroatoms. The second kappa shape index (κ2) is 5.78. The van der Waals surface area contributed by atoms with Crippen LogP contribution in [0.2, 0.25) is 0 Å². The molecule has 2 aromatic carbocycles. The summed E-state index contributed by atoms with van der Waals surface area (Å²) in [4.78, 5) is 8.48. The van der Waals surface area contributed by atoms with Crippen LogP contribution < -0.4 is 5.73 Å². The minimum Gasteiger partial charge on any atom is -0.437 e. The van der Waals surface area contributed by atoms with E-state index in [1.807, 2.05) is 24.4 Å². The minimum atomic E-state index is -0.153. The largest absolute Gasteiger partial charge is 0.437 e. The molecule has 1 saturated carbocycles. The average molecular weight is 341 g/mol. The molecule has 0 amide bonds. The lowest BCUT2D eigenvalue weighted by Crippen LogP contribution is -2.43. The third-order valence-corrected chi connectivity index (χ3v) is 5.40. The Morgan fingerprint density at radius 3 is 2.38 bits per heavy atom. The zero-order valence-electron chi connectivity index (χ0n) is 14.4. The maximum absolute atomic E-state index is 6.45. The zero-order chi connectivity index (χ0) is 17.6. The Hall–Kier alpha value is -2.98. The number of hydrogen-bond acceptors (Lipinski definition) is 4. The molecule has 0 radical (unpaired) electrons. The molecule has 2 aromatic heterocycles. The van der Waals surface area contributed by atoms with E-state index in [-0.39, 0.29) is 5.54 Å². The van der Waals surface area contributed by atoms with Gasteiger partial charge in [-0.25, -0.2) is 9.97 Å². The lowest BCUT2D eigenvalue weighted by Gasteiger charge is -2.38. The number of aromatic nitrogens is 2. The fourth-order valence-corrected chi connectivity index (χ4v) is 3.74. The summed E-state index contributed by atoms with van der Waals surface area (Å²) < 4.78 is 6.12. The van der Waals surface area contributed by atoms with Gasteiger partial charge in [0.2, 0.25) is 5.71 Å².